The minimum atomic E-state index is 0.230. The van der Waals surface area contributed by atoms with E-state index < -0.39 is 0 Å². The Bertz CT molecular complexity index is 1150. The molecule has 30 heavy (non-hydrogen) atoms. The molecule has 0 aromatic carbocycles. The Balaban J connectivity index is 1.34. The van der Waals surface area contributed by atoms with Gasteiger partial charge in [0, 0.05) is 32.2 Å². The highest BCUT2D eigenvalue weighted by Gasteiger charge is 2.27. The third-order valence-electron chi connectivity index (χ3n) is 5.33. The van der Waals surface area contributed by atoms with Crippen LogP contribution in [0.4, 0.5) is 11.9 Å². The molecule has 156 valence electrons. The molecule has 5 heterocycles. The second-order valence-electron chi connectivity index (χ2n) is 7.58. The van der Waals surface area contributed by atoms with Gasteiger partial charge in [0.2, 0.25) is 17.7 Å². The number of likely N-dealkylation sites (N-methyl/N-ethyl adjacent to an activating group) is 1. The summed E-state index contributed by atoms with van der Waals surface area (Å²) in [7, 11) is 1.96. The summed E-state index contributed by atoms with van der Waals surface area (Å²) < 4.78 is 12.0. The van der Waals surface area contributed by atoms with Gasteiger partial charge in [-0.2, -0.15) is 19.5 Å². The van der Waals surface area contributed by atoms with Crippen molar-refractivity contribution in [3.05, 3.63) is 35.9 Å². The first-order chi connectivity index (χ1) is 14.6. The summed E-state index contributed by atoms with van der Waals surface area (Å²) in [5, 5.41) is 8.46. The molecule has 0 amide bonds. The largest absolute Gasteiger partial charge is 0.461 e. The predicted molar refractivity (Wildman–Crippen MR) is 109 cm³/mol. The van der Waals surface area contributed by atoms with Crippen LogP contribution in [0.1, 0.15) is 24.3 Å². The highest BCUT2D eigenvalue weighted by molar-refractivity contribution is 5.53. The molecule has 5 rings (SSSR count). The molecule has 1 fully saturated rings. The Morgan fingerprint density at radius 1 is 1.30 bits per heavy atom. The van der Waals surface area contributed by atoms with Gasteiger partial charge in [-0.05, 0) is 38.4 Å². The van der Waals surface area contributed by atoms with Gasteiger partial charge in [-0.15, -0.1) is 5.10 Å². The fourth-order valence-corrected chi connectivity index (χ4v) is 3.88. The van der Waals surface area contributed by atoms with Crippen LogP contribution in [-0.4, -0.2) is 60.8 Å². The molecule has 0 aliphatic carbocycles. The van der Waals surface area contributed by atoms with E-state index in [0.29, 0.717) is 29.4 Å². The molecule has 4 aromatic rings. The van der Waals surface area contributed by atoms with Gasteiger partial charge in [-0.1, -0.05) is 5.16 Å². The smallest absolute Gasteiger partial charge is 0.259 e. The maximum Gasteiger partial charge on any atom is 0.259 e. The van der Waals surface area contributed by atoms with E-state index in [0.717, 1.165) is 43.9 Å². The third kappa shape index (κ3) is 3.47. The molecule has 11 nitrogen and oxygen atoms in total. The third-order valence-corrected chi connectivity index (χ3v) is 5.33. The normalized spacial score (nSPS) is 17.2. The van der Waals surface area contributed by atoms with Crippen molar-refractivity contribution in [2.24, 2.45) is 0 Å². The monoisotopic (exact) mass is 409 g/mol. The fourth-order valence-electron chi connectivity index (χ4n) is 3.88. The number of anilines is 2. The number of hydrogen-bond donors (Lipinski definition) is 1. The van der Waals surface area contributed by atoms with Crippen molar-refractivity contribution in [3.63, 3.8) is 0 Å². The van der Waals surface area contributed by atoms with E-state index in [9.17, 15) is 0 Å². The van der Waals surface area contributed by atoms with E-state index in [1.165, 1.54) is 4.52 Å². The zero-order chi connectivity index (χ0) is 20.7. The molecule has 0 spiro atoms. The lowest BCUT2D eigenvalue weighted by Crippen LogP contribution is -2.39. The van der Waals surface area contributed by atoms with E-state index in [1.54, 1.807) is 18.4 Å². The molecule has 0 saturated carbocycles. The lowest BCUT2D eigenvalue weighted by atomic mass is 10.2. The Morgan fingerprint density at radius 2 is 2.20 bits per heavy atom. The quantitative estimate of drug-likeness (QED) is 0.503. The van der Waals surface area contributed by atoms with Crippen molar-refractivity contribution in [1.29, 1.82) is 0 Å². The summed E-state index contributed by atoms with van der Waals surface area (Å²) in [5.74, 6) is 2.94. The number of fused-ring (bicyclic) bond motifs is 1. The first-order valence-corrected chi connectivity index (χ1v) is 9.88. The van der Waals surface area contributed by atoms with Gasteiger partial charge >= 0.3 is 0 Å². The molecule has 1 saturated heterocycles. The first-order valence-electron chi connectivity index (χ1n) is 9.88. The molecule has 0 bridgehead atoms. The SMILES string of the molecule is Cc1cc(CN2CCC[C@H]2CN(C)c2nc(N)n3nc(-c4ccco4)nc3n2)no1. The number of aromatic nitrogens is 6. The molecule has 1 aliphatic rings. The molecule has 11 heteroatoms. The summed E-state index contributed by atoms with van der Waals surface area (Å²) in [6.45, 7) is 4.48. The van der Waals surface area contributed by atoms with E-state index >= 15 is 0 Å². The van der Waals surface area contributed by atoms with Crippen molar-refractivity contribution in [2.75, 3.05) is 30.8 Å². The van der Waals surface area contributed by atoms with Crippen molar-refractivity contribution in [1.82, 2.24) is 34.6 Å². The van der Waals surface area contributed by atoms with Crippen LogP contribution in [0.3, 0.4) is 0 Å². The van der Waals surface area contributed by atoms with Crippen LogP contribution in [0.5, 0.6) is 0 Å². The van der Waals surface area contributed by atoms with Crippen LogP contribution in [-0.2, 0) is 6.54 Å². The Kier molecular flexibility index (Phi) is 4.58. The molecule has 1 atom stereocenters. The molecule has 4 aromatic heterocycles. The maximum atomic E-state index is 6.12. The van der Waals surface area contributed by atoms with Gasteiger partial charge in [0.25, 0.3) is 5.78 Å². The summed E-state index contributed by atoms with van der Waals surface area (Å²) in [6.07, 6.45) is 3.82. The molecular weight excluding hydrogens is 386 g/mol. The minimum Gasteiger partial charge on any atom is -0.461 e. The van der Waals surface area contributed by atoms with Gasteiger partial charge in [0.1, 0.15) is 5.76 Å². The van der Waals surface area contributed by atoms with Crippen LogP contribution in [0.25, 0.3) is 17.4 Å². The van der Waals surface area contributed by atoms with Gasteiger partial charge in [-0.3, -0.25) is 4.90 Å². The predicted octanol–water partition coefficient (Wildman–Crippen LogP) is 1.76. The lowest BCUT2D eigenvalue weighted by Gasteiger charge is -2.28. The number of nitrogens with two attached hydrogens (primary N) is 1. The van der Waals surface area contributed by atoms with Crippen LogP contribution in [0, 0.1) is 6.92 Å². The number of rotatable bonds is 6. The average Bonchev–Trinajstić information content (AvgIpc) is 3.49. The Hall–Kier alpha value is -3.47. The van der Waals surface area contributed by atoms with E-state index in [4.69, 9.17) is 14.7 Å². The zero-order valence-corrected chi connectivity index (χ0v) is 16.9. The molecule has 0 radical (unpaired) electrons. The van der Waals surface area contributed by atoms with Crippen LogP contribution in [0.2, 0.25) is 0 Å². The number of likely N-dealkylation sites (tertiary alicyclic amines) is 1. The second-order valence-corrected chi connectivity index (χ2v) is 7.58. The Labute approximate surface area is 172 Å². The van der Waals surface area contributed by atoms with Crippen LogP contribution < -0.4 is 10.6 Å². The maximum absolute atomic E-state index is 6.12. The van der Waals surface area contributed by atoms with Crippen molar-refractivity contribution in [3.8, 4) is 11.6 Å². The number of nitrogens with zero attached hydrogens (tertiary/aromatic N) is 8. The number of aryl methyl sites for hydroxylation is 1. The van der Waals surface area contributed by atoms with Crippen LogP contribution >= 0.6 is 0 Å². The second kappa shape index (κ2) is 7.41. The summed E-state index contributed by atoms with van der Waals surface area (Å²) in [5.41, 5.74) is 7.08. The first kappa shape index (κ1) is 18.6. The number of furan rings is 1. The fraction of sp³-hybridized carbons (Fsp3) is 0.421. The summed E-state index contributed by atoms with van der Waals surface area (Å²) in [6, 6.07) is 5.92. The van der Waals surface area contributed by atoms with Gasteiger partial charge < -0.3 is 19.6 Å². The van der Waals surface area contributed by atoms with E-state index in [2.05, 4.69) is 30.1 Å². The summed E-state index contributed by atoms with van der Waals surface area (Å²) in [4.78, 5) is 17.8. The van der Waals surface area contributed by atoms with Crippen molar-refractivity contribution >= 4 is 17.7 Å². The minimum absolute atomic E-state index is 0.230. The van der Waals surface area contributed by atoms with Gasteiger partial charge in [-0.25, -0.2) is 0 Å². The Morgan fingerprint density at radius 3 is 2.97 bits per heavy atom. The van der Waals surface area contributed by atoms with Gasteiger partial charge in [0.15, 0.2) is 5.76 Å². The molecular formula is C19H23N9O2. The summed E-state index contributed by atoms with van der Waals surface area (Å²) >= 11 is 0. The molecule has 0 unspecified atom stereocenters. The van der Waals surface area contributed by atoms with Crippen molar-refractivity contribution in [2.45, 2.75) is 32.4 Å². The van der Waals surface area contributed by atoms with Gasteiger partial charge in [0.05, 0.1) is 12.0 Å². The molecule has 2 N–H and O–H groups in total. The highest BCUT2D eigenvalue weighted by atomic mass is 16.5. The average molecular weight is 409 g/mol. The van der Waals surface area contributed by atoms with E-state index in [-0.39, 0.29) is 5.95 Å². The van der Waals surface area contributed by atoms with Crippen LogP contribution in [0.15, 0.2) is 33.4 Å². The molecule has 1 aliphatic heterocycles. The highest BCUT2D eigenvalue weighted by Crippen LogP contribution is 2.23. The van der Waals surface area contributed by atoms with Crippen molar-refractivity contribution < 1.29 is 8.94 Å². The lowest BCUT2D eigenvalue weighted by molar-refractivity contribution is 0.240. The topological polar surface area (TPSA) is 128 Å². The standard InChI is InChI=1S/C19H23N9O2/c1-12-9-13(25-30-12)10-27-7-3-5-14(27)11-26(2)18-22-17(20)28-19(23-18)21-16(24-28)15-6-4-8-29-15/h4,6,8-9,14H,3,5,7,10-11H2,1-2H3,(H2,20,21,22,23,24)/t14-/m0/s1. The number of hydrogen-bond acceptors (Lipinski definition) is 10. The zero-order valence-electron chi connectivity index (χ0n) is 16.9. The number of nitrogen functional groups attached to an aromatic ring is 1. The van der Waals surface area contributed by atoms with E-state index in [1.807, 2.05) is 24.9 Å².